The van der Waals surface area contributed by atoms with Crippen molar-refractivity contribution in [1.82, 2.24) is 15.3 Å². The Kier molecular flexibility index (Phi) is 6.05. The second-order valence-corrected chi connectivity index (χ2v) is 7.33. The Morgan fingerprint density at radius 2 is 2.08 bits per heavy atom. The maximum Gasteiger partial charge on any atom is 0.407 e. The van der Waals surface area contributed by atoms with Gasteiger partial charge in [0.25, 0.3) is 0 Å². The Morgan fingerprint density at radius 3 is 2.64 bits per heavy atom. The van der Waals surface area contributed by atoms with Gasteiger partial charge in [0.2, 0.25) is 5.95 Å². The van der Waals surface area contributed by atoms with Crippen LogP contribution in [-0.2, 0) is 9.47 Å². The largest absolute Gasteiger partial charge is 0.444 e. The van der Waals surface area contributed by atoms with Gasteiger partial charge in [-0.05, 0) is 46.1 Å². The van der Waals surface area contributed by atoms with Crippen LogP contribution in [0.1, 0.15) is 40.0 Å². The Labute approximate surface area is 149 Å². The molecule has 0 aromatic carbocycles. The molecule has 0 aliphatic carbocycles. The maximum atomic E-state index is 11.8. The van der Waals surface area contributed by atoms with Gasteiger partial charge in [0.05, 0.1) is 5.60 Å². The quantitative estimate of drug-likeness (QED) is 0.836. The van der Waals surface area contributed by atoms with Gasteiger partial charge < -0.3 is 25.4 Å². The van der Waals surface area contributed by atoms with Crippen LogP contribution in [0.2, 0.25) is 0 Å². The number of nitrogens with two attached hydrogens (primary N) is 1. The number of carbonyl (C=O) groups is 1. The normalized spacial score (nSPS) is 17.2. The SMILES string of the molecule is COC1(CCNC(=O)OC(C)(C)C)CCN(c2nccc(N)n2)CC1. The second-order valence-electron chi connectivity index (χ2n) is 7.33. The standard InChI is InChI=1S/C17H29N5O3/c1-16(2,3)25-15(23)20-10-6-17(24-4)7-11-22(12-8-17)14-19-9-5-13(18)21-14/h5,9H,6-8,10-12H2,1-4H3,(H,20,23)(H2,18,19,21). The third-order valence-electron chi connectivity index (χ3n) is 4.30. The molecule has 0 bridgehead atoms. The van der Waals surface area contributed by atoms with Gasteiger partial charge >= 0.3 is 6.09 Å². The van der Waals surface area contributed by atoms with E-state index in [0.717, 1.165) is 32.4 Å². The highest BCUT2D eigenvalue weighted by Crippen LogP contribution is 2.30. The number of anilines is 2. The Morgan fingerprint density at radius 1 is 1.40 bits per heavy atom. The Balaban J connectivity index is 1.83. The number of piperidine rings is 1. The average Bonchev–Trinajstić information content (AvgIpc) is 2.54. The summed E-state index contributed by atoms with van der Waals surface area (Å²) in [6, 6.07) is 1.68. The fourth-order valence-electron chi connectivity index (χ4n) is 2.89. The lowest BCUT2D eigenvalue weighted by atomic mass is 9.88. The summed E-state index contributed by atoms with van der Waals surface area (Å²) < 4.78 is 11.0. The summed E-state index contributed by atoms with van der Waals surface area (Å²) in [7, 11) is 1.72. The predicted octanol–water partition coefficient (Wildman–Crippen LogP) is 1.96. The molecule has 1 aromatic heterocycles. The Bertz CT molecular complexity index is 580. The van der Waals surface area contributed by atoms with Crippen LogP contribution in [0.25, 0.3) is 0 Å². The van der Waals surface area contributed by atoms with Crippen molar-refractivity contribution in [1.29, 1.82) is 0 Å². The minimum Gasteiger partial charge on any atom is -0.444 e. The zero-order chi connectivity index (χ0) is 18.5. The number of amides is 1. The van der Waals surface area contributed by atoms with Crippen molar-refractivity contribution >= 4 is 17.9 Å². The molecule has 1 amide bonds. The fraction of sp³-hybridized carbons (Fsp3) is 0.706. The zero-order valence-corrected chi connectivity index (χ0v) is 15.5. The third-order valence-corrected chi connectivity index (χ3v) is 4.30. The lowest BCUT2D eigenvalue weighted by Crippen LogP contribution is -2.48. The lowest BCUT2D eigenvalue weighted by molar-refractivity contribution is -0.0359. The van der Waals surface area contributed by atoms with Gasteiger partial charge in [0.1, 0.15) is 11.4 Å². The molecule has 0 radical (unpaired) electrons. The first kappa shape index (κ1) is 19.2. The topological polar surface area (TPSA) is 103 Å². The molecule has 140 valence electrons. The highest BCUT2D eigenvalue weighted by Gasteiger charge is 2.35. The van der Waals surface area contributed by atoms with Crippen molar-refractivity contribution in [3.05, 3.63) is 12.3 Å². The summed E-state index contributed by atoms with van der Waals surface area (Å²) in [5.41, 5.74) is 4.98. The first-order valence-electron chi connectivity index (χ1n) is 8.58. The first-order chi connectivity index (χ1) is 11.7. The molecule has 1 fully saturated rings. The molecule has 25 heavy (non-hydrogen) atoms. The van der Waals surface area contributed by atoms with Gasteiger partial charge in [0.15, 0.2) is 0 Å². The van der Waals surface area contributed by atoms with Gasteiger partial charge in [-0.3, -0.25) is 0 Å². The van der Waals surface area contributed by atoms with Crippen molar-refractivity contribution < 1.29 is 14.3 Å². The van der Waals surface area contributed by atoms with E-state index < -0.39 is 11.7 Å². The number of hydrogen-bond acceptors (Lipinski definition) is 7. The molecule has 2 heterocycles. The fourth-order valence-corrected chi connectivity index (χ4v) is 2.89. The zero-order valence-electron chi connectivity index (χ0n) is 15.5. The predicted molar refractivity (Wildman–Crippen MR) is 96.5 cm³/mol. The third kappa shape index (κ3) is 5.74. The molecular weight excluding hydrogens is 322 g/mol. The van der Waals surface area contributed by atoms with E-state index in [1.807, 2.05) is 20.8 Å². The van der Waals surface area contributed by atoms with Crippen LogP contribution >= 0.6 is 0 Å². The van der Waals surface area contributed by atoms with Gasteiger partial charge in [-0.1, -0.05) is 0 Å². The number of ether oxygens (including phenoxy) is 2. The summed E-state index contributed by atoms with van der Waals surface area (Å²) in [5.74, 6) is 1.12. The van der Waals surface area contributed by atoms with Gasteiger partial charge in [0, 0.05) is 32.9 Å². The van der Waals surface area contributed by atoms with Crippen molar-refractivity contribution in [2.75, 3.05) is 37.4 Å². The molecule has 0 unspecified atom stereocenters. The number of nitrogen functional groups attached to an aromatic ring is 1. The number of rotatable bonds is 5. The molecule has 1 aromatic rings. The van der Waals surface area contributed by atoms with Crippen molar-refractivity contribution in [2.45, 2.75) is 51.2 Å². The van der Waals surface area contributed by atoms with Crippen LogP contribution in [0.4, 0.5) is 16.6 Å². The van der Waals surface area contributed by atoms with E-state index in [-0.39, 0.29) is 5.60 Å². The van der Waals surface area contributed by atoms with Crippen LogP contribution in [0.5, 0.6) is 0 Å². The molecular formula is C17H29N5O3. The molecule has 0 spiro atoms. The highest BCUT2D eigenvalue weighted by molar-refractivity contribution is 5.67. The van der Waals surface area contributed by atoms with Gasteiger partial charge in [-0.15, -0.1) is 0 Å². The highest BCUT2D eigenvalue weighted by atomic mass is 16.6. The summed E-state index contributed by atoms with van der Waals surface area (Å²) in [6.45, 7) is 7.61. The molecule has 0 saturated carbocycles. The molecule has 3 N–H and O–H groups in total. The summed E-state index contributed by atoms with van der Waals surface area (Å²) in [4.78, 5) is 22.4. The van der Waals surface area contributed by atoms with Crippen LogP contribution in [0.15, 0.2) is 12.3 Å². The number of methoxy groups -OCH3 is 1. The van der Waals surface area contributed by atoms with E-state index >= 15 is 0 Å². The van der Waals surface area contributed by atoms with Crippen LogP contribution in [0.3, 0.4) is 0 Å². The van der Waals surface area contributed by atoms with Crippen molar-refractivity contribution in [2.24, 2.45) is 0 Å². The maximum absolute atomic E-state index is 11.8. The summed E-state index contributed by atoms with van der Waals surface area (Å²) >= 11 is 0. The number of aromatic nitrogens is 2. The van der Waals surface area contributed by atoms with Crippen LogP contribution < -0.4 is 16.0 Å². The van der Waals surface area contributed by atoms with Gasteiger partial charge in [-0.2, -0.15) is 4.98 Å². The molecule has 0 atom stereocenters. The summed E-state index contributed by atoms with van der Waals surface area (Å²) in [6.07, 6.45) is 3.66. The van der Waals surface area contributed by atoms with Crippen molar-refractivity contribution in [3.63, 3.8) is 0 Å². The van der Waals surface area contributed by atoms with E-state index in [9.17, 15) is 4.79 Å². The van der Waals surface area contributed by atoms with E-state index in [1.54, 1.807) is 19.4 Å². The van der Waals surface area contributed by atoms with Crippen LogP contribution in [0, 0.1) is 0 Å². The number of alkyl carbamates (subject to hydrolysis) is 1. The molecule has 8 nitrogen and oxygen atoms in total. The number of carbonyl (C=O) groups excluding carboxylic acids is 1. The summed E-state index contributed by atoms with van der Waals surface area (Å²) in [5, 5.41) is 2.80. The van der Waals surface area contributed by atoms with E-state index in [1.165, 1.54) is 0 Å². The lowest BCUT2D eigenvalue weighted by Gasteiger charge is -2.41. The van der Waals surface area contributed by atoms with Crippen molar-refractivity contribution in [3.8, 4) is 0 Å². The average molecular weight is 351 g/mol. The van der Waals surface area contributed by atoms with E-state index in [2.05, 4.69) is 20.2 Å². The number of hydrogen-bond donors (Lipinski definition) is 2. The van der Waals surface area contributed by atoms with Gasteiger partial charge in [-0.25, -0.2) is 9.78 Å². The molecule has 2 rings (SSSR count). The number of nitrogens with zero attached hydrogens (tertiary/aromatic N) is 3. The molecule has 8 heteroatoms. The minimum atomic E-state index is -0.494. The second kappa shape index (κ2) is 7.86. The monoisotopic (exact) mass is 351 g/mol. The Hall–Kier alpha value is -2.09. The first-order valence-corrected chi connectivity index (χ1v) is 8.58. The number of nitrogens with one attached hydrogen (secondary N) is 1. The minimum absolute atomic E-state index is 0.258. The van der Waals surface area contributed by atoms with E-state index in [0.29, 0.717) is 18.3 Å². The molecule has 1 aliphatic heterocycles. The smallest absolute Gasteiger partial charge is 0.407 e. The molecule has 1 saturated heterocycles. The van der Waals surface area contributed by atoms with E-state index in [4.69, 9.17) is 15.2 Å². The van der Waals surface area contributed by atoms with Crippen LogP contribution in [-0.4, -0.2) is 54.0 Å². The molecule has 1 aliphatic rings.